The Kier molecular flexibility index (Phi) is 7.06. The van der Waals surface area contributed by atoms with Gasteiger partial charge in [0.15, 0.2) is 11.5 Å². The molecule has 0 saturated carbocycles. The number of anilines is 1. The average molecular weight is 595 g/mol. The van der Waals surface area contributed by atoms with Crippen LogP contribution in [-0.2, 0) is 0 Å². The van der Waals surface area contributed by atoms with Crippen LogP contribution in [0.5, 0.6) is 28.7 Å². The Morgan fingerprint density at radius 1 is 0.814 bits per heavy atom. The van der Waals surface area contributed by atoms with Crippen LogP contribution in [0.3, 0.4) is 0 Å². The quantitative estimate of drug-likeness (QED) is 0.191. The lowest BCUT2D eigenvalue weighted by molar-refractivity contribution is -0.286. The van der Waals surface area contributed by atoms with E-state index in [1.54, 1.807) is 24.3 Å². The minimum atomic E-state index is -3.80. The van der Waals surface area contributed by atoms with Crippen LogP contribution in [0.15, 0.2) is 97.2 Å². The number of nitrogens with one attached hydrogen (secondary N) is 1. The van der Waals surface area contributed by atoms with Gasteiger partial charge in [-0.2, -0.15) is 18.6 Å². The molecular weight excluding hydrogens is 577 g/mol. The number of alkyl halides is 4. The van der Waals surface area contributed by atoms with Gasteiger partial charge in [-0.1, -0.05) is 6.07 Å². The molecule has 0 atom stereocenters. The molecule has 2 heterocycles. The van der Waals surface area contributed by atoms with E-state index in [9.17, 15) is 26.7 Å². The van der Waals surface area contributed by atoms with Crippen LogP contribution < -0.4 is 24.3 Å². The minimum absolute atomic E-state index is 0.00940. The van der Waals surface area contributed by atoms with E-state index in [0.717, 1.165) is 4.68 Å². The summed E-state index contributed by atoms with van der Waals surface area (Å²) in [5.74, 6) is -0.0309. The molecule has 0 spiro atoms. The molecule has 1 aliphatic heterocycles. The van der Waals surface area contributed by atoms with E-state index in [2.05, 4.69) is 24.6 Å². The van der Waals surface area contributed by atoms with Crippen molar-refractivity contribution >= 4 is 11.7 Å². The second-order valence-corrected chi connectivity index (χ2v) is 9.08. The molecule has 0 unspecified atom stereocenters. The van der Waals surface area contributed by atoms with Crippen molar-refractivity contribution < 1.29 is 45.7 Å². The van der Waals surface area contributed by atoms with Crippen LogP contribution >= 0.6 is 0 Å². The molecule has 1 amide bonds. The third kappa shape index (κ3) is 6.20. The topological polar surface area (TPSA) is 83.8 Å². The molecule has 1 N–H and O–H groups in total. The molecule has 218 valence electrons. The standard InChI is InChI=1S/C30H18F5N3O5/c31-19-4-1-17(2-5-19)27-24(18-3-14-25-26(15-18)43-30(34,35)42-25)16-38(37-27)29(39)36-20-6-8-21(9-7-20)40-22-10-12-23(13-11-22)41-28(32)33/h1-16,28H,(H,36,39). The lowest BCUT2D eigenvalue weighted by Gasteiger charge is -2.09. The molecule has 43 heavy (non-hydrogen) atoms. The lowest BCUT2D eigenvalue weighted by Crippen LogP contribution is -2.25. The summed E-state index contributed by atoms with van der Waals surface area (Å²) in [7, 11) is 0. The highest BCUT2D eigenvalue weighted by Gasteiger charge is 2.43. The maximum atomic E-state index is 13.6. The van der Waals surface area contributed by atoms with Gasteiger partial charge in [-0.25, -0.2) is 9.18 Å². The van der Waals surface area contributed by atoms with Crippen LogP contribution in [0, 0.1) is 5.82 Å². The van der Waals surface area contributed by atoms with Gasteiger partial charge in [0.05, 0.1) is 0 Å². The smallest absolute Gasteiger partial charge is 0.457 e. The molecule has 4 aromatic carbocycles. The van der Waals surface area contributed by atoms with E-state index in [0.29, 0.717) is 33.9 Å². The van der Waals surface area contributed by atoms with E-state index in [1.165, 1.54) is 72.9 Å². The molecule has 0 fully saturated rings. The Labute approximate surface area is 239 Å². The Morgan fingerprint density at radius 2 is 1.42 bits per heavy atom. The van der Waals surface area contributed by atoms with Crippen molar-refractivity contribution in [2.45, 2.75) is 12.9 Å². The molecule has 1 aromatic heterocycles. The molecule has 0 saturated heterocycles. The number of aromatic nitrogens is 2. The molecular formula is C30H18F5N3O5. The van der Waals surface area contributed by atoms with Gasteiger partial charge in [0, 0.05) is 23.0 Å². The van der Waals surface area contributed by atoms with Crippen LogP contribution in [0.2, 0.25) is 0 Å². The molecule has 8 nitrogen and oxygen atoms in total. The molecule has 5 aromatic rings. The third-order valence-corrected chi connectivity index (χ3v) is 6.14. The SMILES string of the molecule is O=C(Nc1ccc(Oc2ccc(OC(F)F)cc2)cc1)n1cc(-c2ccc3c(c2)OC(F)(F)O3)c(-c2ccc(F)cc2)n1. The van der Waals surface area contributed by atoms with E-state index in [-0.39, 0.29) is 22.9 Å². The van der Waals surface area contributed by atoms with Gasteiger partial charge in [0.1, 0.15) is 28.8 Å². The van der Waals surface area contributed by atoms with Crippen molar-refractivity contribution in [3.05, 3.63) is 103 Å². The summed E-state index contributed by atoms with van der Waals surface area (Å²) >= 11 is 0. The van der Waals surface area contributed by atoms with Gasteiger partial charge in [-0.15, -0.1) is 8.78 Å². The average Bonchev–Trinajstić information content (AvgIpc) is 3.55. The maximum absolute atomic E-state index is 13.6. The highest BCUT2D eigenvalue weighted by atomic mass is 19.3. The summed E-state index contributed by atoms with van der Waals surface area (Å²) in [6, 6.07) is 20.8. The fourth-order valence-corrected chi connectivity index (χ4v) is 4.24. The predicted molar refractivity (Wildman–Crippen MR) is 143 cm³/mol. The van der Waals surface area contributed by atoms with Crippen molar-refractivity contribution in [3.8, 4) is 51.1 Å². The fraction of sp³-hybridized carbons (Fsp3) is 0.0667. The number of rotatable bonds is 7. The largest absolute Gasteiger partial charge is 0.586 e. The number of hydrogen-bond donors (Lipinski definition) is 1. The first kappa shape index (κ1) is 27.6. The molecule has 0 bridgehead atoms. The van der Waals surface area contributed by atoms with Crippen LogP contribution in [-0.4, -0.2) is 28.7 Å². The van der Waals surface area contributed by atoms with Crippen LogP contribution in [0.1, 0.15) is 0 Å². The lowest BCUT2D eigenvalue weighted by atomic mass is 10.0. The number of hydrogen-bond acceptors (Lipinski definition) is 6. The number of ether oxygens (including phenoxy) is 4. The summed E-state index contributed by atoms with van der Waals surface area (Å²) in [5, 5.41) is 7.08. The van der Waals surface area contributed by atoms with Crippen molar-refractivity contribution in [3.63, 3.8) is 0 Å². The zero-order valence-corrected chi connectivity index (χ0v) is 21.6. The fourth-order valence-electron chi connectivity index (χ4n) is 4.24. The van der Waals surface area contributed by atoms with Crippen LogP contribution in [0.4, 0.5) is 32.4 Å². The van der Waals surface area contributed by atoms with Gasteiger partial charge < -0.3 is 24.3 Å². The molecule has 1 aliphatic rings. The first-order chi connectivity index (χ1) is 20.6. The predicted octanol–water partition coefficient (Wildman–Crippen LogP) is 8.15. The summed E-state index contributed by atoms with van der Waals surface area (Å²) in [6.45, 7) is -2.93. The Bertz CT molecular complexity index is 1780. The van der Waals surface area contributed by atoms with Crippen molar-refractivity contribution in [2.75, 3.05) is 5.32 Å². The van der Waals surface area contributed by atoms with Gasteiger partial charge in [0.2, 0.25) is 0 Å². The van der Waals surface area contributed by atoms with E-state index in [1.807, 2.05) is 0 Å². The first-order valence-corrected chi connectivity index (χ1v) is 12.5. The number of carbonyl (C=O) groups is 1. The molecule has 6 rings (SSSR count). The second kappa shape index (κ2) is 11.0. The second-order valence-electron chi connectivity index (χ2n) is 9.08. The number of amides is 1. The van der Waals surface area contributed by atoms with Crippen molar-refractivity contribution in [2.24, 2.45) is 0 Å². The van der Waals surface area contributed by atoms with Gasteiger partial charge in [-0.3, -0.25) is 0 Å². The molecule has 0 aliphatic carbocycles. The zero-order valence-electron chi connectivity index (χ0n) is 21.6. The number of carbonyl (C=O) groups excluding carboxylic acids is 1. The minimum Gasteiger partial charge on any atom is -0.457 e. The molecule has 13 heteroatoms. The first-order valence-electron chi connectivity index (χ1n) is 12.5. The van der Waals surface area contributed by atoms with E-state index in [4.69, 9.17) is 4.74 Å². The Morgan fingerprint density at radius 3 is 2.09 bits per heavy atom. The van der Waals surface area contributed by atoms with Gasteiger partial charge >= 0.3 is 18.9 Å². The van der Waals surface area contributed by atoms with Gasteiger partial charge in [-0.05, 0) is 90.5 Å². The highest BCUT2D eigenvalue weighted by molar-refractivity contribution is 5.93. The summed E-state index contributed by atoms with van der Waals surface area (Å²) in [5.41, 5.74) is 1.94. The number of fused-ring (bicyclic) bond motifs is 1. The van der Waals surface area contributed by atoms with E-state index >= 15 is 0 Å². The maximum Gasteiger partial charge on any atom is 0.586 e. The summed E-state index contributed by atoms with van der Waals surface area (Å²) < 4.78 is 85.4. The highest BCUT2D eigenvalue weighted by Crippen LogP contribution is 2.44. The van der Waals surface area contributed by atoms with Gasteiger partial charge in [0.25, 0.3) is 0 Å². The summed E-state index contributed by atoms with van der Waals surface area (Å²) in [6.07, 6.45) is -2.40. The number of benzene rings is 4. The van der Waals surface area contributed by atoms with Crippen molar-refractivity contribution in [1.29, 1.82) is 0 Å². The molecule has 0 radical (unpaired) electrons. The number of nitrogens with zero attached hydrogens (tertiary/aromatic N) is 2. The number of halogens is 5. The van der Waals surface area contributed by atoms with E-state index < -0.39 is 24.8 Å². The Hall–Kier alpha value is -5.59. The van der Waals surface area contributed by atoms with Crippen LogP contribution in [0.25, 0.3) is 22.4 Å². The zero-order chi connectivity index (χ0) is 30.1. The third-order valence-electron chi connectivity index (χ3n) is 6.14. The Balaban J connectivity index is 1.22. The van der Waals surface area contributed by atoms with Crippen molar-refractivity contribution in [1.82, 2.24) is 9.78 Å². The summed E-state index contributed by atoms with van der Waals surface area (Å²) in [4.78, 5) is 13.1. The monoisotopic (exact) mass is 595 g/mol. The normalized spacial score (nSPS) is 13.2.